The normalized spacial score (nSPS) is 15.3. The molecule has 0 aliphatic heterocycles. The third-order valence-electron chi connectivity index (χ3n) is 2.38. The van der Waals surface area contributed by atoms with Crippen LogP contribution in [0, 0.1) is 0 Å². The fourth-order valence-electron chi connectivity index (χ4n) is 1.53. The van der Waals surface area contributed by atoms with Crippen molar-refractivity contribution >= 4 is 17.4 Å². The first-order chi connectivity index (χ1) is 7.24. The molecule has 0 aromatic carbocycles. The number of H-pyrrole nitrogens is 1. The summed E-state index contributed by atoms with van der Waals surface area (Å²) in [5, 5.41) is 9.03. The van der Waals surface area contributed by atoms with Gasteiger partial charge in [-0.15, -0.1) is 0 Å². The SMILES string of the molecule is O=c1[nH]cnc(N(CCO)C2CC2)c1Cl. The van der Waals surface area contributed by atoms with Crippen molar-refractivity contribution in [1.82, 2.24) is 9.97 Å². The van der Waals surface area contributed by atoms with E-state index in [-0.39, 0.29) is 17.2 Å². The molecule has 1 aliphatic carbocycles. The molecule has 0 bridgehead atoms. The first kappa shape index (κ1) is 10.4. The van der Waals surface area contributed by atoms with E-state index in [9.17, 15) is 4.79 Å². The Morgan fingerprint density at radius 3 is 3.00 bits per heavy atom. The van der Waals surface area contributed by atoms with Gasteiger partial charge in [-0.3, -0.25) is 4.79 Å². The average molecular weight is 230 g/mol. The highest BCUT2D eigenvalue weighted by Gasteiger charge is 2.31. The molecule has 0 unspecified atom stereocenters. The fourth-order valence-corrected chi connectivity index (χ4v) is 1.74. The monoisotopic (exact) mass is 229 g/mol. The first-order valence-electron chi connectivity index (χ1n) is 4.84. The molecule has 82 valence electrons. The Labute approximate surface area is 91.7 Å². The largest absolute Gasteiger partial charge is 0.395 e. The summed E-state index contributed by atoms with van der Waals surface area (Å²) < 4.78 is 0. The molecule has 1 saturated carbocycles. The van der Waals surface area contributed by atoms with E-state index in [1.165, 1.54) is 6.33 Å². The van der Waals surface area contributed by atoms with Gasteiger partial charge in [-0.2, -0.15) is 0 Å². The number of hydrogen-bond acceptors (Lipinski definition) is 4. The molecule has 1 aromatic rings. The van der Waals surface area contributed by atoms with E-state index >= 15 is 0 Å². The van der Waals surface area contributed by atoms with Crippen molar-refractivity contribution in [1.29, 1.82) is 0 Å². The summed E-state index contributed by atoms with van der Waals surface area (Å²) in [6.07, 6.45) is 3.45. The topological polar surface area (TPSA) is 69.2 Å². The number of aromatic nitrogens is 2. The van der Waals surface area contributed by atoms with Gasteiger partial charge in [-0.25, -0.2) is 4.98 Å². The van der Waals surface area contributed by atoms with Crippen molar-refractivity contribution in [2.75, 3.05) is 18.1 Å². The zero-order valence-electron chi connectivity index (χ0n) is 8.11. The number of hydrogen-bond donors (Lipinski definition) is 2. The number of anilines is 1. The Bertz CT molecular complexity index is 403. The third-order valence-corrected chi connectivity index (χ3v) is 2.72. The van der Waals surface area contributed by atoms with E-state index < -0.39 is 0 Å². The number of aliphatic hydroxyl groups excluding tert-OH is 1. The van der Waals surface area contributed by atoms with E-state index in [0.29, 0.717) is 18.4 Å². The van der Waals surface area contributed by atoms with Crippen molar-refractivity contribution in [3.63, 3.8) is 0 Å². The summed E-state index contributed by atoms with van der Waals surface area (Å²) in [5.41, 5.74) is -0.342. The molecule has 1 aromatic heterocycles. The zero-order valence-corrected chi connectivity index (χ0v) is 8.87. The van der Waals surface area contributed by atoms with E-state index in [1.807, 2.05) is 4.90 Å². The van der Waals surface area contributed by atoms with Crippen LogP contribution in [0.2, 0.25) is 5.02 Å². The highest BCUT2D eigenvalue weighted by molar-refractivity contribution is 6.32. The summed E-state index contributed by atoms with van der Waals surface area (Å²) in [6.45, 7) is 0.488. The van der Waals surface area contributed by atoms with E-state index in [0.717, 1.165) is 12.8 Å². The molecule has 0 spiro atoms. The van der Waals surface area contributed by atoms with E-state index in [4.69, 9.17) is 16.7 Å². The smallest absolute Gasteiger partial charge is 0.271 e. The molecular formula is C9H12ClN3O2. The van der Waals surface area contributed by atoms with E-state index in [2.05, 4.69) is 9.97 Å². The Balaban J connectivity index is 2.32. The molecule has 6 heteroatoms. The molecule has 1 aliphatic rings. The summed E-state index contributed by atoms with van der Waals surface area (Å²) >= 11 is 5.87. The fraction of sp³-hybridized carbons (Fsp3) is 0.556. The lowest BCUT2D eigenvalue weighted by atomic mass is 10.4. The standard InChI is InChI=1S/C9H12ClN3O2/c10-7-8(11-5-12-9(7)15)13(3-4-14)6-1-2-6/h5-6,14H,1-4H2,(H,11,12,15). The summed E-state index contributed by atoms with van der Waals surface area (Å²) in [6, 6.07) is 0.365. The first-order valence-corrected chi connectivity index (χ1v) is 5.22. The minimum Gasteiger partial charge on any atom is -0.395 e. The van der Waals surface area contributed by atoms with Gasteiger partial charge in [0, 0.05) is 12.6 Å². The van der Waals surface area contributed by atoms with Gasteiger partial charge in [0.25, 0.3) is 5.56 Å². The van der Waals surface area contributed by atoms with Crippen LogP contribution in [-0.2, 0) is 0 Å². The second-order valence-corrected chi connectivity index (χ2v) is 3.90. The Hall–Kier alpha value is -1.07. The molecule has 2 rings (SSSR count). The molecule has 0 saturated heterocycles. The lowest BCUT2D eigenvalue weighted by Gasteiger charge is -2.22. The van der Waals surface area contributed by atoms with Crippen molar-refractivity contribution in [3.8, 4) is 0 Å². The molecule has 1 fully saturated rings. The lowest BCUT2D eigenvalue weighted by Crippen LogP contribution is -2.31. The number of rotatable bonds is 4. The Morgan fingerprint density at radius 2 is 2.40 bits per heavy atom. The van der Waals surface area contributed by atoms with Crippen LogP contribution in [0.4, 0.5) is 5.82 Å². The molecular weight excluding hydrogens is 218 g/mol. The molecule has 0 atom stereocenters. The van der Waals surface area contributed by atoms with Crippen LogP contribution < -0.4 is 10.5 Å². The highest BCUT2D eigenvalue weighted by Crippen LogP contribution is 2.32. The van der Waals surface area contributed by atoms with Crippen LogP contribution in [0.15, 0.2) is 11.1 Å². The minimum absolute atomic E-state index is 0.0291. The molecule has 15 heavy (non-hydrogen) atoms. The maximum atomic E-state index is 11.3. The van der Waals surface area contributed by atoms with Gasteiger partial charge in [-0.1, -0.05) is 11.6 Å². The summed E-state index contributed by atoms with van der Waals surface area (Å²) in [7, 11) is 0. The van der Waals surface area contributed by atoms with E-state index in [1.54, 1.807) is 0 Å². The third kappa shape index (κ3) is 2.13. The Morgan fingerprint density at radius 1 is 1.67 bits per heavy atom. The van der Waals surface area contributed by atoms with Crippen molar-refractivity contribution < 1.29 is 5.11 Å². The van der Waals surface area contributed by atoms with Gasteiger partial charge in [-0.05, 0) is 12.8 Å². The number of nitrogens with zero attached hydrogens (tertiary/aromatic N) is 2. The quantitative estimate of drug-likeness (QED) is 0.784. The van der Waals surface area contributed by atoms with Gasteiger partial charge in [0.2, 0.25) is 0 Å². The predicted molar refractivity (Wildman–Crippen MR) is 57.3 cm³/mol. The van der Waals surface area contributed by atoms with Crippen molar-refractivity contribution in [3.05, 3.63) is 21.7 Å². The second kappa shape index (κ2) is 4.20. The molecule has 0 amide bonds. The second-order valence-electron chi connectivity index (χ2n) is 3.52. The van der Waals surface area contributed by atoms with Crippen LogP contribution in [0.25, 0.3) is 0 Å². The average Bonchev–Trinajstić information content (AvgIpc) is 3.03. The number of halogens is 1. The molecule has 2 N–H and O–H groups in total. The van der Waals surface area contributed by atoms with Crippen LogP contribution in [0.3, 0.4) is 0 Å². The van der Waals surface area contributed by atoms with Gasteiger partial charge in [0.15, 0.2) is 5.82 Å². The summed E-state index contributed by atoms with van der Waals surface area (Å²) in [5.74, 6) is 0.469. The van der Waals surface area contributed by atoms with Crippen LogP contribution in [0.1, 0.15) is 12.8 Å². The van der Waals surface area contributed by atoms with Gasteiger partial charge < -0.3 is 15.0 Å². The van der Waals surface area contributed by atoms with Gasteiger partial charge in [0.1, 0.15) is 5.02 Å². The Kier molecular flexibility index (Phi) is 2.93. The number of nitrogens with one attached hydrogen (secondary N) is 1. The molecule has 1 heterocycles. The van der Waals surface area contributed by atoms with Crippen molar-refractivity contribution in [2.45, 2.75) is 18.9 Å². The maximum absolute atomic E-state index is 11.3. The number of aromatic amines is 1. The predicted octanol–water partition coefficient (Wildman–Crippen LogP) is 0.384. The van der Waals surface area contributed by atoms with Crippen LogP contribution in [-0.4, -0.2) is 34.3 Å². The van der Waals surface area contributed by atoms with Gasteiger partial charge in [0.05, 0.1) is 12.9 Å². The zero-order chi connectivity index (χ0) is 10.8. The summed E-state index contributed by atoms with van der Waals surface area (Å²) in [4.78, 5) is 19.6. The minimum atomic E-state index is -0.342. The number of aliphatic hydroxyl groups is 1. The molecule has 5 nitrogen and oxygen atoms in total. The highest BCUT2D eigenvalue weighted by atomic mass is 35.5. The lowest BCUT2D eigenvalue weighted by molar-refractivity contribution is 0.301. The van der Waals surface area contributed by atoms with Crippen LogP contribution >= 0.6 is 11.6 Å². The van der Waals surface area contributed by atoms with Gasteiger partial charge >= 0.3 is 0 Å². The van der Waals surface area contributed by atoms with Crippen molar-refractivity contribution in [2.24, 2.45) is 0 Å². The maximum Gasteiger partial charge on any atom is 0.271 e. The molecule has 0 radical (unpaired) electrons. The van der Waals surface area contributed by atoms with Crippen LogP contribution in [0.5, 0.6) is 0 Å².